The minimum atomic E-state index is -4.14. The van der Waals surface area contributed by atoms with Gasteiger partial charge in [-0.05, 0) is 43.2 Å². The van der Waals surface area contributed by atoms with E-state index >= 15 is 0 Å². The monoisotopic (exact) mass is 440 g/mol. The number of hydrogen-bond donors (Lipinski definition) is 0. The van der Waals surface area contributed by atoms with E-state index in [0.29, 0.717) is 18.4 Å². The van der Waals surface area contributed by atoms with Crippen molar-refractivity contribution >= 4 is 21.6 Å². The molecule has 7 nitrogen and oxygen atoms in total. The molecule has 0 radical (unpaired) electrons. The van der Waals surface area contributed by atoms with E-state index in [0.717, 1.165) is 24.0 Å². The van der Waals surface area contributed by atoms with Crippen LogP contribution in [0.4, 0.5) is 8.78 Å². The Balaban J connectivity index is 1.78. The first-order valence-electron chi connectivity index (χ1n) is 9.76. The van der Waals surface area contributed by atoms with Crippen molar-refractivity contribution < 1.29 is 31.5 Å². The van der Waals surface area contributed by atoms with Crippen molar-refractivity contribution in [2.24, 2.45) is 4.40 Å². The minimum Gasteiger partial charge on any atom is -0.496 e. The molecule has 1 aromatic rings. The topological polar surface area (TPSA) is 85.3 Å². The number of alkyl halides is 2. The number of allylic oxidation sites excluding steroid dienone is 1. The van der Waals surface area contributed by atoms with Crippen LogP contribution in [0.5, 0.6) is 5.75 Å². The average molecular weight is 440 g/mol. The summed E-state index contributed by atoms with van der Waals surface area (Å²) < 4.78 is 67.4. The van der Waals surface area contributed by atoms with Crippen LogP contribution in [-0.4, -0.2) is 49.9 Å². The molecule has 0 aromatic heterocycles. The first-order valence-corrected chi connectivity index (χ1v) is 11.6. The smallest absolute Gasteiger partial charge is 0.482 e. The zero-order valence-electron chi connectivity index (χ0n) is 16.4. The Bertz CT molecular complexity index is 1010. The third-order valence-electron chi connectivity index (χ3n) is 5.57. The van der Waals surface area contributed by atoms with Crippen LogP contribution in [0.1, 0.15) is 43.6 Å². The number of benzene rings is 1. The maximum atomic E-state index is 14.9. The van der Waals surface area contributed by atoms with Crippen molar-refractivity contribution in [1.82, 2.24) is 4.90 Å². The van der Waals surface area contributed by atoms with Crippen molar-refractivity contribution in [3.05, 3.63) is 41.8 Å². The summed E-state index contributed by atoms with van der Waals surface area (Å²) >= 11 is 0. The van der Waals surface area contributed by atoms with Gasteiger partial charge in [-0.3, -0.25) is 9.69 Å². The number of para-hydroxylation sites is 1. The molecule has 1 aliphatic carbocycles. The fourth-order valence-corrected chi connectivity index (χ4v) is 4.76. The molecular formula is C20H22F2N2O5S. The van der Waals surface area contributed by atoms with Gasteiger partial charge < -0.3 is 9.47 Å². The molecule has 0 N–H and O–H groups in total. The summed E-state index contributed by atoms with van der Waals surface area (Å²) in [6, 6.07) is 6.54. The number of hydrogen-bond acceptors (Lipinski definition) is 5. The molecule has 0 spiro atoms. The highest BCUT2D eigenvalue weighted by molar-refractivity contribution is 7.89. The van der Waals surface area contributed by atoms with Gasteiger partial charge in [-0.25, -0.2) is 8.42 Å². The third-order valence-corrected chi connectivity index (χ3v) is 6.12. The van der Waals surface area contributed by atoms with Gasteiger partial charge in [0.05, 0.1) is 18.1 Å². The number of nitrogens with zero attached hydrogens (tertiary/aromatic N) is 2. The first kappa shape index (κ1) is 20.8. The molecule has 2 fully saturated rings. The summed E-state index contributed by atoms with van der Waals surface area (Å²) in [6.45, 7) is -0.143. The molecule has 0 atom stereocenters. The second-order valence-corrected chi connectivity index (χ2v) is 9.40. The summed E-state index contributed by atoms with van der Waals surface area (Å²) in [7, 11) is -3.78. The quantitative estimate of drug-likeness (QED) is 0.670. The number of fused-ring (bicyclic) bond motifs is 5. The number of halogens is 2. The molecule has 30 heavy (non-hydrogen) atoms. The maximum Gasteiger partial charge on any atom is 0.482 e. The lowest BCUT2D eigenvalue weighted by atomic mass is 9.82. The normalized spacial score (nSPS) is 29.4. The van der Waals surface area contributed by atoms with Gasteiger partial charge in [-0.1, -0.05) is 18.2 Å². The highest BCUT2D eigenvalue weighted by Crippen LogP contribution is 2.41. The SMILES string of the molecule is CS(=O)(=O)/N=C1CCN2C(=O)C(F)(F)Oc3ccccc3C3CCC(CC3)O\C=C\12. The standard InChI is InChI=1S/C20H22F2N2O5S/c1-30(26,27)23-16-10-11-24-17(16)12-28-14-8-6-13(7-9-14)15-4-2-3-5-18(15)29-20(21,22)19(24)25/h2-5,12-14H,6-11H2,1H3/b17-12-,23-16+. The molecule has 3 aliphatic heterocycles. The van der Waals surface area contributed by atoms with E-state index in [9.17, 15) is 22.0 Å². The lowest BCUT2D eigenvalue weighted by Gasteiger charge is -2.29. The van der Waals surface area contributed by atoms with Crippen LogP contribution < -0.4 is 4.74 Å². The average Bonchev–Trinajstić information content (AvgIpc) is 3.06. The molecule has 1 saturated heterocycles. The molecule has 0 unspecified atom stereocenters. The Hall–Kier alpha value is -2.49. The molecule has 3 heterocycles. The number of carbonyl (C=O) groups excluding carboxylic acids is 1. The third kappa shape index (κ3) is 4.19. The second kappa shape index (κ2) is 7.64. The van der Waals surface area contributed by atoms with Gasteiger partial charge in [0, 0.05) is 13.0 Å². The van der Waals surface area contributed by atoms with E-state index in [2.05, 4.69) is 4.40 Å². The Morgan fingerprint density at radius 3 is 2.57 bits per heavy atom. The number of sulfonamides is 1. The molecule has 5 rings (SSSR count). The number of amides is 1. The van der Waals surface area contributed by atoms with Gasteiger partial charge in [-0.2, -0.15) is 13.2 Å². The lowest BCUT2D eigenvalue weighted by molar-refractivity contribution is -0.201. The summed E-state index contributed by atoms with van der Waals surface area (Å²) in [5, 5.41) is 0. The van der Waals surface area contributed by atoms with Crippen LogP contribution in [0.3, 0.4) is 0 Å². The predicted molar refractivity (Wildman–Crippen MR) is 105 cm³/mol. The van der Waals surface area contributed by atoms with E-state index in [1.54, 1.807) is 18.2 Å². The van der Waals surface area contributed by atoms with Crippen LogP contribution in [0.2, 0.25) is 0 Å². The van der Waals surface area contributed by atoms with Gasteiger partial charge in [0.25, 0.3) is 10.0 Å². The van der Waals surface area contributed by atoms with Crippen molar-refractivity contribution in [3.8, 4) is 5.75 Å². The van der Waals surface area contributed by atoms with Crippen LogP contribution in [0.25, 0.3) is 0 Å². The summed E-state index contributed by atoms with van der Waals surface area (Å²) in [4.78, 5) is 13.5. The van der Waals surface area contributed by atoms with E-state index in [4.69, 9.17) is 9.47 Å². The van der Waals surface area contributed by atoms with Crippen molar-refractivity contribution in [2.75, 3.05) is 12.8 Å². The molecular weight excluding hydrogens is 418 g/mol. The van der Waals surface area contributed by atoms with Crippen molar-refractivity contribution in [2.45, 2.75) is 50.2 Å². The Kier molecular flexibility index (Phi) is 5.29. The zero-order chi connectivity index (χ0) is 21.5. The fourth-order valence-electron chi connectivity index (χ4n) is 4.18. The van der Waals surface area contributed by atoms with Gasteiger partial charge >= 0.3 is 12.0 Å². The molecule has 2 bridgehead atoms. The van der Waals surface area contributed by atoms with Crippen LogP contribution in [0.15, 0.2) is 40.6 Å². The summed E-state index contributed by atoms with van der Waals surface area (Å²) in [6.07, 6.45) is 0.679. The lowest BCUT2D eigenvalue weighted by Crippen LogP contribution is -2.45. The molecule has 162 valence electrons. The second-order valence-electron chi connectivity index (χ2n) is 7.75. The number of carbonyl (C=O) groups is 1. The van der Waals surface area contributed by atoms with Gasteiger partial charge in [0.15, 0.2) is 0 Å². The zero-order valence-corrected chi connectivity index (χ0v) is 17.2. The van der Waals surface area contributed by atoms with Crippen molar-refractivity contribution in [1.29, 1.82) is 0 Å². The predicted octanol–water partition coefficient (Wildman–Crippen LogP) is 3.19. The number of ether oxygens (including phenoxy) is 2. The van der Waals surface area contributed by atoms with Gasteiger partial charge in [0.1, 0.15) is 17.7 Å². The van der Waals surface area contributed by atoms with Crippen molar-refractivity contribution in [3.63, 3.8) is 0 Å². The Morgan fingerprint density at radius 2 is 1.87 bits per heavy atom. The molecule has 10 heteroatoms. The van der Waals surface area contributed by atoms with E-state index in [1.165, 1.54) is 12.3 Å². The fraction of sp³-hybridized carbons (Fsp3) is 0.500. The Morgan fingerprint density at radius 1 is 1.17 bits per heavy atom. The largest absolute Gasteiger partial charge is 0.496 e. The highest BCUT2D eigenvalue weighted by Gasteiger charge is 2.49. The molecule has 1 aromatic carbocycles. The maximum absolute atomic E-state index is 14.9. The Labute approximate surface area is 173 Å². The molecule has 4 aliphatic rings. The molecule has 1 amide bonds. The highest BCUT2D eigenvalue weighted by atomic mass is 32.2. The van der Waals surface area contributed by atoms with E-state index in [-0.39, 0.29) is 42.1 Å². The van der Waals surface area contributed by atoms with Crippen LogP contribution in [0, 0.1) is 0 Å². The van der Waals surface area contributed by atoms with Crippen LogP contribution >= 0.6 is 0 Å². The van der Waals surface area contributed by atoms with Crippen LogP contribution in [-0.2, 0) is 19.6 Å². The van der Waals surface area contributed by atoms with Gasteiger partial charge in [-0.15, -0.1) is 0 Å². The summed E-state index contributed by atoms with van der Waals surface area (Å²) in [5.74, 6) is -1.57. The van der Waals surface area contributed by atoms with E-state index in [1.807, 2.05) is 0 Å². The van der Waals surface area contributed by atoms with E-state index < -0.39 is 22.0 Å². The number of rotatable bonds is 1. The minimum absolute atomic E-state index is 0.0191. The molecule has 1 saturated carbocycles. The summed E-state index contributed by atoms with van der Waals surface area (Å²) in [5.41, 5.74) is 0.602. The first-order chi connectivity index (χ1) is 14.1. The van der Waals surface area contributed by atoms with Gasteiger partial charge in [0.2, 0.25) is 0 Å².